The van der Waals surface area contributed by atoms with Crippen LogP contribution in [-0.4, -0.2) is 53.0 Å². The second-order valence-electron chi connectivity index (χ2n) is 12.0. The molecule has 0 unspecified atom stereocenters. The number of nitrogens with zero attached hydrogens (tertiary/aromatic N) is 1. The van der Waals surface area contributed by atoms with Gasteiger partial charge >= 0.3 is 0 Å². The van der Waals surface area contributed by atoms with Crippen LogP contribution in [0.4, 0.5) is 18.9 Å². The van der Waals surface area contributed by atoms with Gasteiger partial charge in [-0.3, -0.25) is 9.59 Å². The van der Waals surface area contributed by atoms with Gasteiger partial charge in [-0.05, 0) is 73.3 Å². The molecule has 4 fully saturated rings. The van der Waals surface area contributed by atoms with E-state index >= 15 is 8.78 Å². The zero-order valence-electron chi connectivity index (χ0n) is 21.0. The van der Waals surface area contributed by atoms with E-state index in [9.17, 15) is 19.1 Å². The summed E-state index contributed by atoms with van der Waals surface area (Å²) in [6.07, 6.45) is 1.28. The number of hydrogen-bond donors (Lipinski definition) is 1. The smallest absolute Gasteiger partial charge is 0.200 e. The van der Waals surface area contributed by atoms with E-state index in [0.717, 1.165) is 5.69 Å². The molecule has 37 heavy (non-hydrogen) atoms. The first-order chi connectivity index (χ1) is 17.5. The largest absolute Gasteiger partial charge is 0.390 e. The number of allylic oxidation sites excluding steroid dienone is 4. The van der Waals surface area contributed by atoms with Gasteiger partial charge in [0.2, 0.25) is 0 Å². The maximum atomic E-state index is 17.5. The quantitative estimate of drug-likeness (QED) is 0.579. The van der Waals surface area contributed by atoms with E-state index in [2.05, 4.69) is 4.90 Å². The molecular formula is C29H32F3NO3S. The molecule has 1 saturated heterocycles. The molecule has 5 aliphatic rings. The lowest BCUT2D eigenvalue weighted by Gasteiger charge is -2.63. The van der Waals surface area contributed by atoms with Gasteiger partial charge in [0, 0.05) is 30.1 Å². The van der Waals surface area contributed by atoms with Crippen LogP contribution in [0.5, 0.6) is 0 Å². The predicted molar refractivity (Wildman–Crippen MR) is 137 cm³/mol. The van der Waals surface area contributed by atoms with Crippen molar-refractivity contribution in [1.29, 1.82) is 0 Å². The number of hydrogen-bond acceptors (Lipinski definition) is 5. The summed E-state index contributed by atoms with van der Waals surface area (Å²) in [5, 5.41) is 11.4. The summed E-state index contributed by atoms with van der Waals surface area (Å²) in [6.45, 7) is 4.44. The summed E-state index contributed by atoms with van der Waals surface area (Å²) in [7, 11) is 0. The van der Waals surface area contributed by atoms with Crippen molar-refractivity contribution in [2.75, 3.05) is 24.0 Å². The van der Waals surface area contributed by atoms with E-state index in [1.807, 2.05) is 37.3 Å². The number of carbonyl (C=O) groups excluding carboxylic acids is 2. The lowest BCUT2D eigenvalue weighted by Crippen LogP contribution is -2.69. The van der Waals surface area contributed by atoms with Crippen LogP contribution < -0.4 is 4.90 Å². The Morgan fingerprint density at radius 3 is 2.62 bits per heavy atom. The number of aliphatic hydroxyl groups is 1. The summed E-state index contributed by atoms with van der Waals surface area (Å²) < 4.78 is 46.7. The first-order valence-electron chi connectivity index (χ1n) is 13.0. The van der Waals surface area contributed by atoms with Crippen molar-refractivity contribution in [3.05, 3.63) is 54.1 Å². The maximum absolute atomic E-state index is 17.5. The van der Waals surface area contributed by atoms with Gasteiger partial charge in [-0.25, -0.2) is 13.2 Å². The number of alkyl halides is 3. The average Bonchev–Trinajstić information content (AvgIpc) is 3.37. The molecule has 0 amide bonds. The van der Waals surface area contributed by atoms with E-state index in [1.165, 1.54) is 18.2 Å². The minimum Gasteiger partial charge on any atom is -0.390 e. The minimum atomic E-state index is -2.18. The number of halogens is 3. The molecule has 6 rings (SSSR count). The first-order valence-corrected chi connectivity index (χ1v) is 14.0. The molecule has 4 aliphatic carbocycles. The highest BCUT2D eigenvalue weighted by Crippen LogP contribution is 2.75. The Hall–Kier alpha value is -2.06. The van der Waals surface area contributed by atoms with E-state index in [4.69, 9.17) is 0 Å². The SMILES string of the molecule is C[C@]12C=CC(=O)C=C1[C@@H](F)C[C@H]1[C@@H]3C[C@H]4CN(c5ccccc5)C[C@@]4(C(=O)SCF)[C@@]3(C)C[C@H](O)[C@@]12F. The molecule has 1 aromatic rings. The van der Waals surface area contributed by atoms with Crippen molar-refractivity contribution < 1.29 is 27.9 Å². The van der Waals surface area contributed by atoms with E-state index in [1.54, 1.807) is 6.92 Å². The number of para-hydroxylation sites is 1. The Bertz CT molecular complexity index is 1210. The normalized spacial score (nSPS) is 46.1. The molecule has 3 saturated carbocycles. The van der Waals surface area contributed by atoms with Crippen LogP contribution in [0, 0.1) is 34.0 Å². The summed E-state index contributed by atoms with van der Waals surface area (Å²) >= 11 is 0.656. The van der Waals surface area contributed by atoms with Crippen molar-refractivity contribution in [2.24, 2.45) is 34.0 Å². The molecule has 8 heteroatoms. The Kier molecular flexibility index (Phi) is 5.60. The molecule has 0 radical (unpaired) electrons. The van der Waals surface area contributed by atoms with Crippen molar-refractivity contribution in [1.82, 2.24) is 0 Å². The fraction of sp³-hybridized carbons (Fsp3) is 0.586. The number of fused-ring (bicyclic) bond motifs is 7. The van der Waals surface area contributed by atoms with Crippen LogP contribution in [-0.2, 0) is 9.59 Å². The molecule has 0 bridgehead atoms. The van der Waals surface area contributed by atoms with Gasteiger partial charge in [-0.1, -0.05) is 43.0 Å². The first kappa shape index (κ1) is 25.2. The topological polar surface area (TPSA) is 57.6 Å². The maximum Gasteiger partial charge on any atom is 0.200 e. The third kappa shape index (κ3) is 3.03. The highest BCUT2D eigenvalue weighted by molar-refractivity contribution is 8.13. The van der Waals surface area contributed by atoms with Crippen molar-refractivity contribution in [3.8, 4) is 0 Å². The van der Waals surface area contributed by atoms with Crippen LogP contribution in [0.2, 0.25) is 0 Å². The van der Waals surface area contributed by atoms with Crippen LogP contribution in [0.15, 0.2) is 54.1 Å². The number of ketones is 1. The van der Waals surface area contributed by atoms with Gasteiger partial charge in [0.1, 0.15) is 12.2 Å². The number of carbonyl (C=O) groups is 2. The zero-order valence-corrected chi connectivity index (χ0v) is 21.8. The lowest BCUT2D eigenvalue weighted by atomic mass is 9.43. The minimum absolute atomic E-state index is 0.0178. The Morgan fingerprint density at radius 2 is 1.92 bits per heavy atom. The number of anilines is 1. The van der Waals surface area contributed by atoms with Crippen LogP contribution in [0.1, 0.15) is 33.1 Å². The Labute approximate surface area is 219 Å². The molecular weight excluding hydrogens is 499 g/mol. The molecule has 0 aromatic heterocycles. The fourth-order valence-corrected chi connectivity index (χ4v) is 9.95. The van der Waals surface area contributed by atoms with Gasteiger partial charge in [0.25, 0.3) is 0 Å². The zero-order chi connectivity index (χ0) is 26.4. The molecule has 1 aliphatic heterocycles. The number of benzene rings is 1. The van der Waals surface area contributed by atoms with Gasteiger partial charge in [0.15, 0.2) is 16.6 Å². The van der Waals surface area contributed by atoms with Crippen molar-refractivity contribution in [3.63, 3.8) is 0 Å². The van der Waals surface area contributed by atoms with Gasteiger partial charge in [-0.15, -0.1) is 0 Å². The lowest BCUT2D eigenvalue weighted by molar-refractivity contribution is -0.209. The number of aliphatic hydroxyl groups excluding tert-OH is 1. The third-order valence-electron chi connectivity index (χ3n) is 10.8. The van der Waals surface area contributed by atoms with Crippen LogP contribution in [0.3, 0.4) is 0 Å². The van der Waals surface area contributed by atoms with Gasteiger partial charge in [0.05, 0.1) is 11.5 Å². The molecule has 0 spiro atoms. The number of thioether (sulfide) groups is 1. The molecule has 4 nitrogen and oxygen atoms in total. The van der Waals surface area contributed by atoms with Crippen LogP contribution >= 0.6 is 11.8 Å². The highest BCUT2D eigenvalue weighted by Gasteiger charge is 2.78. The summed E-state index contributed by atoms with van der Waals surface area (Å²) in [4.78, 5) is 28.0. The molecule has 198 valence electrons. The van der Waals surface area contributed by atoms with E-state index in [0.29, 0.717) is 31.3 Å². The molecule has 9 atom stereocenters. The van der Waals surface area contributed by atoms with Crippen molar-refractivity contribution >= 4 is 28.3 Å². The van der Waals surface area contributed by atoms with Gasteiger partial charge < -0.3 is 10.0 Å². The second-order valence-corrected chi connectivity index (χ2v) is 12.9. The Morgan fingerprint density at radius 1 is 1.19 bits per heavy atom. The molecule has 1 aromatic carbocycles. The van der Waals surface area contributed by atoms with Crippen molar-refractivity contribution in [2.45, 2.75) is 51.1 Å². The summed E-state index contributed by atoms with van der Waals surface area (Å²) in [6, 6.07) is 8.88. The average molecular weight is 532 g/mol. The fourth-order valence-electron chi connectivity index (χ4n) is 9.12. The number of rotatable bonds is 3. The van der Waals surface area contributed by atoms with E-state index < -0.39 is 46.1 Å². The predicted octanol–water partition coefficient (Wildman–Crippen LogP) is 5.22. The van der Waals surface area contributed by atoms with Gasteiger partial charge in [-0.2, -0.15) is 0 Å². The second kappa shape index (κ2) is 8.22. The third-order valence-corrected chi connectivity index (χ3v) is 11.6. The Balaban J connectivity index is 1.45. The summed E-state index contributed by atoms with van der Waals surface area (Å²) in [5.41, 5.74) is -4.42. The standard InChI is InChI=1S/C29H32F3NO3S/c1-26-9-8-19(34)11-22(26)23(31)12-21-20-10-17-14-33(18-6-4-3-5-7-18)15-28(17,25(36)37-16-30)27(20,2)13-24(35)29(21,26)32/h3-9,11,17,20-21,23-24,35H,10,12-16H2,1-2H3/t17-,20-,21-,23-,24-,26-,27-,28+,29-/m0/s1. The van der Waals surface area contributed by atoms with E-state index in [-0.39, 0.29) is 41.1 Å². The molecule has 1 heterocycles. The highest BCUT2D eigenvalue weighted by atomic mass is 32.2. The summed E-state index contributed by atoms with van der Waals surface area (Å²) in [5.74, 6) is -1.76. The monoisotopic (exact) mass is 531 g/mol. The van der Waals surface area contributed by atoms with Crippen LogP contribution in [0.25, 0.3) is 0 Å². The molecule has 1 N–H and O–H groups in total.